The van der Waals surface area contributed by atoms with Crippen LogP contribution in [0.2, 0.25) is 0 Å². The fraction of sp³-hybridized carbons (Fsp3) is 0.917. The van der Waals surface area contributed by atoms with E-state index in [0.29, 0.717) is 13.2 Å². The molecule has 0 amide bonds. The molecule has 1 saturated carbocycles. The monoisotopic (exact) mass is 228 g/mol. The highest BCUT2D eigenvalue weighted by Gasteiger charge is 2.26. The number of carbonyl (C=O) groups excluding carboxylic acids is 1. The molecule has 1 fully saturated rings. The van der Waals surface area contributed by atoms with Crippen molar-refractivity contribution < 1.29 is 9.53 Å². The second-order valence-electron chi connectivity index (χ2n) is 4.56. The van der Waals surface area contributed by atoms with Crippen molar-refractivity contribution >= 4 is 5.97 Å². The van der Waals surface area contributed by atoms with E-state index in [1.807, 2.05) is 0 Å². The van der Waals surface area contributed by atoms with E-state index in [1.165, 1.54) is 12.8 Å². The molecule has 1 unspecified atom stereocenters. The van der Waals surface area contributed by atoms with Crippen LogP contribution >= 0.6 is 0 Å². The Morgan fingerprint density at radius 2 is 2.19 bits per heavy atom. The average Bonchev–Trinajstić information content (AvgIpc) is 3.02. The molecule has 0 spiro atoms. The molecule has 16 heavy (non-hydrogen) atoms. The molecule has 2 N–H and O–H groups in total. The Bertz CT molecular complexity index is 217. The van der Waals surface area contributed by atoms with Gasteiger partial charge in [-0.2, -0.15) is 0 Å². The lowest BCUT2D eigenvalue weighted by Gasteiger charge is -2.24. The molecule has 0 aliphatic heterocycles. The zero-order valence-corrected chi connectivity index (χ0v) is 10.4. The third-order valence-electron chi connectivity index (χ3n) is 2.80. The van der Waals surface area contributed by atoms with E-state index in [-0.39, 0.29) is 5.97 Å². The van der Waals surface area contributed by atoms with Crippen molar-refractivity contribution in [1.29, 1.82) is 0 Å². The van der Waals surface area contributed by atoms with E-state index in [9.17, 15) is 4.79 Å². The van der Waals surface area contributed by atoms with E-state index in [4.69, 9.17) is 10.5 Å². The minimum atomic E-state index is -0.495. The molecule has 1 rings (SSSR count). The molecule has 1 aliphatic rings. The maximum absolute atomic E-state index is 11.4. The Kier molecular flexibility index (Phi) is 5.77. The third-order valence-corrected chi connectivity index (χ3v) is 2.80. The lowest BCUT2D eigenvalue weighted by Crippen LogP contribution is -2.44. The van der Waals surface area contributed by atoms with Crippen molar-refractivity contribution in [3.8, 4) is 0 Å². The summed E-state index contributed by atoms with van der Waals surface area (Å²) in [5, 5.41) is 0. The second kappa shape index (κ2) is 6.86. The first-order valence-corrected chi connectivity index (χ1v) is 6.31. The summed E-state index contributed by atoms with van der Waals surface area (Å²) < 4.78 is 4.91. The molecule has 0 saturated heterocycles. The van der Waals surface area contributed by atoms with Gasteiger partial charge in [-0.05, 0) is 38.6 Å². The van der Waals surface area contributed by atoms with Gasteiger partial charge in [-0.1, -0.05) is 6.92 Å². The van der Waals surface area contributed by atoms with E-state index in [2.05, 4.69) is 11.8 Å². The van der Waals surface area contributed by atoms with Gasteiger partial charge in [0.1, 0.15) is 6.04 Å². The molecule has 0 heterocycles. The van der Waals surface area contributed by atoms with Crippen LogP contribution in [0.15, 0.2) is 0 Å². The van der Waals surface area contributed by atoms with Crippen LogP contribution in [0.25, 0.3) is 0 Å². The topological polar surface area (TPSA) is 55.6 Å². The summed E-state index contributed by atoms with van der Waals surface area (Å²) in [7, 11) is 0. The van der Waals surface area contributed by atoms with Gasteiger partial charge in [0.05, 0.1) is 6.61 Å². The fourth-order valence-electron chi connectivity index (χ4n) is 1.84. The van der Waals surface area contributed by atoms with Gasteiger partial charge in [-0.25, -0.2) is 0 Å². The summed E-state index contributed by atoms with van der Waals surface area (Å²) in [6, 6.07) is -0.495. The number of rotatable bonds is 8. The van der Waals surface area contributed by atoms with Gasteiger partial charge in [-0.15, -0.1) is 0 Å². The molecule has 1 atom stereocenters. The van der Waals surface area contributed by atoms with Crippen molar-refractivity contribution in [1.82, 2.24) is 4.90 Å². The van der Waals surface area contributed by atoms with Crippen molar-refractivity contribution in [2.24, 2.45) is 11.7 Å². The minimum Gasteiger partial charge on any atom is -0.465 e. The first-order valence-electron chi connectivity index (χ1n) is 6.31. The van der Waals surface area contributed by atoms with Crippen LogP contribution in [0.5, 0.6) is 0 Å². The standard InChI is InChI=1S/C12H24N2O2/c1-3-7-14(8-10-5-6-10)9-11(13)12(15)16-4-2/h10-11H,3-9,13H2,1-2H3. The lowest BCUT2D eigenvalue weighted by atomic mass is 10.2. The molecule has 1 aliphatic carbocycles. The molecule has 0 bridgehead atoms. The number of carbonyl (C=O) groups is 1. The second-order valence-corrected chi connectivity index (χ2v) is 4.56. The van der Waals surface area contributed by atoms with Crippen molar-refractivity contribution in [3.05, 3.63) is 0 Å². The SMILES string of the molecule is CCCN(CC1CC1)CC(N)C(=O)OCC. The summed E-state index contributed by atoms with van der Waals surface area (Å²) in [5.41, 5.74) is 5.81. The number of nitrogens with zero attached hydrogens (tertiary/aromatic N) is 1. The summed E-state index contributed by atoms with van der Waals surface area (Å²) in [6.45, 7) is 7.09. The normalized spacial score (nSPS) is 17.5. The third kappa shape index (κ3) is 4.94. The average molecular weight is 228 g/mol. The Balaban J connectivity index is 2.30. The molecule has 4 heteroatoms. The predicted octanol–water partition coefficient (Wildman–Crippen LogP) is 0.999. The number of hydrogen-bond donors (Lipinski definition) is 1. The molecular formula is C12H24N2O2. The number of hydrogen-bond acceptors (Lipinski definition) is 4. The van der Waals surface area contributed by atoms with Gasteiger partial charge in [0.2, 0.25) is 0 Å². The van der Waals surface area contributed by atoms with E-state index in [0.717, 1.165) is 25.4 Å². The number of esters is 1. The van der Waals surface area contributed by atoms with Gasteiger partial charge in [0.15, 0.2) is 0 Å². The first kappa shape index (κ1) is 13.5. The van der Waals surface area contributed by atoms with Crippen LogP contribution in [0.4, 0.5) is 0 Å². The quantitative estimate of drug-likeness (QED) is 0.630. The highest BCUT2D eigenvalue weighted by molar-refractivity contribution is 5.75. The zero-order chi connectivity index (χ0) is 12.0. The smallest absolute Gasteiger partial charge is 0.324 e. The Morgan fingerprint density at radius 3 is 2.69 bits per heavy atom. The summed E-state index contributed by atoms with van der Waals surface area (Å²) in [4.78, 5) is 13.7. The summed E-state index contributed by atoms with van der Waals surface area (Å²) in [5.74, 6) is 0.556. The maximum atomic E-state index is 11.4. The van der Waals surface area contributed by atoms with Crippen molar-refractivity contribution in [3.63, 3.8) is 0 Å². The van der Waals surface area contributed by atoms with Crippen LogP contribution in [0.1, 0.15) is 33.1 Å². The van der Waals surface area contributed by atoms with Gasteiger partial charge in [0, 0.05) is 13.1 Å². The zero-order valence-electron chi connectivity index (χ0n) is 10.4. The maximum Gasteiger partial charge on any atom is 0.324 e. The molecule has 94 valence electrons. The minimum absolute atomic E-state index is 0.278. The van der Waals surface area contributed by atoms with Crippen molar-refractivity contribution in [2.75, 3.05) is 26.2 Å². The Hall–Kier alpha value is -0.610. The summed E-state index contributed by atoms with van der Waals surface area (Å²) in [6.07, 6.45) is 3.76. The van der Waals surface area contributed by atoms with Gasteiger partial charge in [-0.3, -0.25) is 4.79 Å². The fourth-order valence-corrected chi connectivity index (χ4v) is 1.84. The highest BCUT2D eigenvalue weighted by Crippen LogP contribution is 2.29. The van der Waals surface area contributed by atoms with Crippen LogP contribution in [0.3, 0.4) is 0 Å². The van der Waals surface area contributed by atoms with Crippen LogP contribution in [-0.4, -0.2) is 43.2 Å². The molecule has 0 aromatic carbocycles. The number of nitrogens with two attached hydrogens (primary N) is 1. The molecular weight excluding hydrogens is 204 g/mol. The van der Waals surface area contributed by atoms with Gasteiger partial charge in [0.25, 0.3) is 0 Å². The first-order chi connectivity index (χ1) is 7.67. The molecule has 4 nitrogen and oxygen atoms in total. The van der Waals surface area contributed by atoms with Crippen LogP contribution in [0, 0.1) is 5.92 Å². The molecule has 0 aromatic heterocycles. The van der Waals surface area contributed by atoms with Gasteiger partial charge < -0.3 is 15.4 Å². The van der Waals surface area contributed by atoms with Crippen LogP contribution < -0.4 is 5.73 Å². The van der Waals surface area contributed by atoms with E-state index < -0.39 is 6.04 Å². The molecule has 0 radical (unpaired) electrons. The Labute approximate surface area is 98.1 Å². The van der Waals surface area contributed by atoms with E-state index in [1.54, 1.807) is 6.92 Å². The molecule has 0 aromatic rings. The highest BCUT2D eigenvalue weighted by atomic mass is 16.5. The predicted molar refractivity (Wildman–Crippen MR) is 64.1 cm³/mol. The lowest BCUT2D eigenvalue weighted by molar-refractivity contribution is -0.145. The van der Waals surface area contributed by atoms with Gasteiger partial charge >= 0.3 is 5.97 Å². The van der Waals surface area contributed by atoms with Crippen molar-refractivity contribution in [2.45, 2.75) is 39.2 Å². The van der Waals surface area contributed by atoms with E-state index >= 15 is 0 Å². The Morgan fingerprint density at radius 1 is 1.50 bits per heavy atom. The summed E-state index contributed by atoms with van der Waals surface area (Å²) >= 11 is 0. The van der Waals surface area contributed by atoms with Crippen LogP contribution in [-0.2, 0) is 9.53 Å². The largest absolute Gasteiger partial charge is 0.465 e. The number of ether oxygens (including phenoxy) is 1.